The standard InChI is InChI=1S/C55H95NO5/c1-4-7-10-13-16-19-22-25-27-28-30-33-36-39-42-45-48-55(60)61-51(46-43-40-37-34-31-29-26-23-20-17-14-11-8-5-2)49-54(59)56-52(50-57)53(58)47-44-41-38-35-32-24-21-18-15-12-9-6-3/h7,10,16,19,25,27,29-31,33-34,37,39,42,51-53,57-58H,4-6,8-9,11-15,17-18,20-24,26,28,32,35-36,38,40-41,43-50H2,1-3H3,(H,56,59)/b10-7+,19-16+,27-25+,31-29+,33-30+,37-34+,42-39+. The van der Waals surface area contributed by atoms with E-state index in [-0.39, 0.29) is 31.3 Å². The van der Waals surface area contributed by atoms with Gasteiger partial charge < -0.3 is 20.3 Å². The Morgan fingerprint density at radius 1 is 0.508 bits per heavy atom. The molecule has 0 aromatic rings. The van der Waals surface area contributed by atoms with E-state index in [0.29, 0.717) is 19.3 Å². The lowest BCUT2D eigenvalue weighted by molar-refractivity contribution is -0.150. The summed E-state index contributed by atoms with van der Waals surface area (Å²) in [5.74, 6) is -0.625. The summed E-state index contributed by atoms with van der Waals surface area (Å²) in [6, 6.07) is -0.734. The Kier molecular flexibility index (Phi) is 45.7. The molecule has 0 radical (unpaired) electrons. The van der Waals surface area contributed by atoms with Crippen LogP contribution in [-0.2, 0) is 14.3 Å². The first kappa shape index (κ1) is 58.0. The summed E-state index contributed by atoms with van der Waals surface area (Å²) in [4.78, 5) is 26.1. The van der Waals surface area contributed by atoms with Gasteiger partial charge in [-0.1, -0.05) is 221 Å². The van der Waals surface area contributed by atoms with Crippen molar-refractivity contribution in [2.45, 2.75) is 244 Å². The number of hydrogen-bond acceptors (Lipinski definition) is 5. The minimum atomic E-state index is -0.814. The topological polar surface area (TPSA) is 95.9 Å². The fourth-order valence-corrected chi connectivity index (χ4v) is 7.18. The SMILES string of the molecule is CC/C=C/C/C=C/C/C=C/C/C=C/C/C=C/CCC(=O)OC(CCC/C=C/C=C/CCCCCCCCC)CC(=O)NC(CO)C(O)CCCCCCCCCCCCCC. The van der Waals surface area contributed by atoms with Gasteiger partial charge in [-0.3, -0.25) is 9.59 Å². The van der Waals surface area contributed by atoms with Gasteiger partial charge in [0.15, 0.2) is 0 Å². The Labute approximate surface area is 376 Å². The quantitative estimate of drug-likeness (QED) is 0.0246. The molecule has 61 heavy (non-hydrogen) atoms. The molecule has 0 aromatic carbocycles. The highest BCUT2D eigenvalue weighted by Crippen LogP contribution is 2.16. The number of carbonyl (C=O) groups is 2. The van der Waals surface area contributed by atoms with Crippen LogP contribution in [0.5, 0.6) is 0 Å². The maximum Gasteiger partial charge on any atom is 0.306 e. The lowest BCUT2D eigenvalue weighted by atomic mass is 10.0. The zero-order chi connectivity index (χ0) is 44.5. The van der Waals surface area contributed by atoms with Crippen LogP contribution in [0, 0.1) is 0 Å². The summed E-state index contributed by atoms with van der Waals surface area (Å²) in [5.41, 5.74) is 0. The van der Waals surface area contributed by atoms with Gasteiger partial charge in [0.1, 0.15) is 6.10 Å². The van der Waals surface area contributed by atoms with Crippen LogP contribution in [0.1, 0.15) is 226 Å². The van der Waals surface area contributed by atoms with E-state index < -0.39 is 18.2 Å². The molecule has 0 bridgehead atoms. The number of amides is 1. The van der Waals surface area contributed by atoms with Crippen molar-refractivity contribution >= 4 is 11.9 Å². The average molecular weight is 850 g/mol. The van der Waals surface area contributed by atoms with E-state index in [9.17, 15) is 19.8 Å². The Balaban J connectivity index is 4.78. The fourth-order valence-electron chi connectivity index (χ4n) is 7.18. The van der Waals surface area contributed by atoms with Gasteiger partial charge in [-0.15, -0.1) is 0 Å². The Morgan fingerprint density at radius 3 is 1.44 bits per heavy atom. The van der Waals surface area contributed by atoms with E-state index in [1.54, 1.807) is 0 Å². The second-order valence-corrected chi connectivity index (χ2v) is 16.9. The first-order valence-corrected chi connectivity index (χ1v) is 25.3. The number of ether oxygens (including phenoxy) is 1. The molecule has 0 rings (SSSR count). The molecule has 0 fully saturated rings. The van der Waals surface area contributed by atoms with Gasteiger partial charge >= 0.3 is 5.97 Å². The van der Waals surface area contributed by atoms with Crippen molar-refractivity contribution in [1.29, 1.82) is 0 Å². The van der Waals surface area contributed by atoms with Crippen LogP contribution in [0.3, 0.4) is 0 Å². The molecule has 0 aliphatic carbocycles. The highest BCUT2D eigenvalue weighted by Gasteiger charge is 2.23. The second-order valence-electron chi connectivity index (χ2n) is 16.9. The van der Waals surface area contributed by atoms with Crippen molar-refractivity contribution in [1.82, 2.24) is 5.32 Å². The van der Waals surface area contributed by atoms with Crippen LogP contribution in [-0.4, -0.2) is 46.9 Å². The predicted molar refractivity (Wildman–Crippen MR) is 264 cm³/mol. The average Bonchev–Trinajstić information content (AvgIpc) is 3.25. The Morgan fingerprint density at radius 2 is 0.951 bits per heavy atom. The van der Waals surface area contributed by atoms with Gasteiger partial charge in [-0.25, -0.2) is 0 Å². The summed E-state index contributed by atoms with van der Waals surface area (Å²) in [7, 11) is 0. The molecule has 0 aliphatic rings. The number of aliphatic hydroxyl groups excluding tert-OH is 2. The number of nitrogens with one attached hydrogen (secondary N) is 1. The largest absolute Gasteiger partial charge is 0.462 e. The van der Waals surface area contributed by atoms with Crippen LogP contribution in [0.4, 0.5) is 0 Å². The Bertz CT molecular complexity index is 1180. The molecule has 1 amide bonds. The van der Waals surface area contributed by atoms with E-state index in [1.807, 2.05) is 6.08 Å². The van der Waals surface area contributed by atoms with Crippen molar-refractivity contribution < 1.29 is 24.5 Å². The van der Waals surface area contributed by atoms with E-state index in [2.05, 4.69) is 105 Å². The minimum absolute atomic E-state index is 0.0112. The molecule has 0 spiro atoms. The number of rotatable bonds is 44. The number of esters is 1. The van der Waals surface area contributed by atoms with Crippen LogP contribution < -0.4 is 5.32 Å². The maximum atomic E-state index is 13.2. The zero-order valence-electron chi connectivity index (χ0n) is 39.8. The van der Waals surface area contributed by atoms with E-state index in [4.69, 9.17) is 4.74 Å². The zero-order valence-corrected chi connectivity index (χ0v) is 39.8. The van der Waals surface area contributed by atoms with Gasteiger partial charge in [-0.2, -0.15) is 0 Å². The van der Waals surface area contributed by atoms with Crippen molar-refractivity contribution in [3.05, 3.63) is 85.1 Å². The van der Waals surface area contributed by atoms with Gasteiger partial charge in [-0.05, 0) is 77.0 Å². The summed E-state index contributed by atoms with van der Waals surface area (Å²) < 4.78 is 5.86. The molecule has 0 aromatic heterocycles. The fraction of sp³-hybridized carbons (Fsp3) is 0.709. The van der Waals surface area contributed by atoms with Gasteiger partial charge in [0.2, 0.25) is 5.91 Å². The van der Waals surface area contributed by atoms with Crippen molar-refractivity contribution in [2.24, 2.45) is 0 Å². The summed E-state index contributed by atoms with van der Waals surface area (Å²) in [5, 5.41) is 23.7. The third-order valence-corrected chi connectivity index (χ3v) is 11.0. The molecule has 0 saturated carbocycles. The monoisotopic (exact) mass is 850 g/mol. The molecule has 0 saturated heterocycles. The molecular weight excluding hydrogens is 755 g/mol. The van der Waals surface area contributed by atoms with Crippen molar-refractivity contribution in [2.75, 3.05) is 6.61 Å². The lowest BCUT2D eigenvalue weighted by Gasteiger charge is -2.24. The number of hydrogen-bond donors (Lipinski definition) is 3. The van der Waals surface area contributed by atoms with Crippen LogP contribution in [0.25, 0.3) is 0 Å². The first-order valence-electron chi connectivity index (χ1n) is 25.3. The molecule has 6 heteroatoms. The first-order chi connectivity index (χ1) is 30.0. The van der Waals surface area contributed by atoms with Crippen molar-refractivity contribution in [3.63, 3.8) is 0 Å². The van der Waals surface area contributed by atoms with E-state index in [1.165, 1.54) is 103 Å². The number of carbonyl (C=O) groups excluding carboxylic acids is 2. The van der Waals surface area contributed by atoms with Gasteiger partial charge in [0.25, 0.3) is 0 Å². The maximum absolute atomic E-state index is 13.2. The Hall–Kier alpha value is -2.96. The van der Waals surface area contributed by atoms with E-state index >= 15 is 0 Å². The van der Waals surface area contributed by atoms with Crippen molar-refractivity contribution in [3.8, 4) is 0 Å². The van der Waals surface area contributed by atoms with Gasteiger partial charge in [0, 0.05) is 6.42 Å². The highest BCUT2D eigenvalue weighted by molar-refractivity contribution is 5.77. The van der Waals surface area contributed by atoms with Crippen LogP contribution in [0.15, 0.2) is 85.1 Å². The third kappa shape index (κ3) is 43.5. The number of allylic oxidation sites excluding steroid dienone is 14. The number of aliphatic hydroxyl groups is 2. The summed E-state index contributed by atoms with van der Waals surface area (Å²) >= 11 is 0. The van der Waals surface area contributed by atoms with E-state index in [0.717, 1.165) is 70.6 Å². The normalized spacial score (nSPS) is 14.0. The molecule has 3 N–H and O–H groups in total. The molecular formula is C55H95NO5. The molecule has 3 atom stereocenters. The number of unbranched alkanes of at least 4 members (excludes halogenated alkanes) is 19. The predicted octanol–water partition coefficient (Wildman–Crippen LogP) is 15.2. The summed E-state index contributed by atoms with van der Waals surface area (Å²) in [6.07, 6.45) is 62.3. The molecule has 6 nitrogen and oxygen atoms in total. The van der Waals surface area contributed by atoms with Crippen LogP contribution in [0.2, 0.25) is 0 Å². The molecule has 0 heterocycles. The molecule has 3 unspecified atom stereocenters. The molecule has 350 valence electrons. The summed E-state index contributed by atoms with van der Waals surface area (Å²) in [6.45, 7) is 6.32. The lowest BCUT2D eigenvalue weighted by Crippen LogP contribution is -2.46. The molecule has 0 aliphatic heterocycles. The second kappa shape index (κ2) is 48.1. The highest BCUT2D eigenvalue weighted by atomic mass is 16.5. The minimum Gasteiger partial charge on any atom is -0.462 e. The van der Waals surface area contributed by atoms with Crippen LogP contribution >= 0.6 is 0 Å². The smallest absolute Gasteiger partial charge is 0.306 e. The third-order valence-electron chi connectivity index (χ3n) is 11.0. The van der Waals surface area contributed by atoms with Gasteiger partial charge in [0.05, 0.1) is 25.2 Å².